The van der Waals surface area contributed by atoms with Crippen molar-refractivity contribution in [2.45, 2.75) is 13.1 Å². The highest BCUT2D eigenvalue weighted by Gasteiger charge is 2.07. The summed E-state index contributed by atoms with van der Waals surface area (Å²) in [6, 6.07) is 15.7. The van der Waals surface area contributed by atoms with E-state index in [9.17, 15) is 0 Å². The van der Waals surface area contributed by atoms with E-state index < -0.39 is 0 Å². The predicted molar refractivity (Wildman–Crippen MR) is 91.0 cm³/mol. The number of H-pyrrole nitrogens is 1. The van der Waals surface area contributed by atoms with Crippen LogP contribution < -0.4 is 5.32 Å². The van der Waals surface area contributed by atoms with Crippen molar-refractivity contribution < 1.29 is 0 Å². The summed E-state index contributed by atoms with van der Waals surface area (Å²) in [5.41, 5.74) is 4.31. The standard InChI is InChI=1S/C17H15Cl2N3/c18-15-7-6-13(16(19)8-15)9-20-10-14-11-21-22-17(14)12-4-2-1-3-5-12/h1-8,11,20H,9-10H2,(H,21,22). The largest absolute Gasteiger partial charge is 0.308 e. The molecule has 3 aromatic rings. The molecule has 0 fully saturated rings. The van der Waals surface area contributed by atoms with Gasteiger partial charge in [-0.15, -0.1) is 0 Å². The van der Waals surface area contributed by atoms with Crippen LogP contribution >= 0.6 is 23.2 Å². The number of rotatable bonds is 5. The van der Waals surface area contributed by atoms with Crippen LogP contribution in [0.25, 0.3) is 11.3 Å². The predicted octanol–water partition coefficient (Wildman–Crippen LogP) is 4.67. The monoisotopic (exact) mass is 331 g/mol. The van der Waals surface area contributed by atoms with Gasteiger partial charge in [0.15, 0.2) is 0 Å². The van der Waals surface area contributed by atoms with Gasteiger partial charge in [-0.1, -0.05) is 59.6 Å². The van der Waals surface area contributed by atoms with E-state index in [1.165, 1.54) is 0 Å². The van der Waals surface area contributed by atoms with Crippen molar-refractivity contribution in [3.8, 4) is 11.3 Å². The van der Waals surface area contributed by atoms with Gasteiger partial charge in [0.1, 0.15) is 0 Å². The van der Waals surface area contributed by atoms with E-state index in [2.05, 4.69) is 27.6 Å². The third-order valence-electron chi connectivity index (χ3n) is 3.43. The Morgan fingerprint density at radius 3 is 2.50 bits per heavy atom. The molecular formula is C17H15Cl2N3. The van der Waals surface area contributed by atoms with E-state index in [1.54, 1.807) is 6.07 Å². The summed E-state index contributed by atoms with van der Waals surface area (Å²) < 4.78 is 0. The zero-order valence-electron chi connectivity index (χ0n) is 11.8. The normalized spacial score (nSPS) is 10.8. The van der Waals surface area contributed by atoms with Gasteiger partial charge in [-0.2, -0.15) is 5.10 Å². The van der Waals surface area contributed by atoms with E-state index in [-0.39, 0.29) is 0 Å². The van der Waals surface area contributed by atoms with E-state index in [1.807, 2.05) is 36.5 Å². The summed E-state index contributed by atoms with van der Waals surface area (Å²) in [7, 11) is 0. The summed E-state index contributed by atoms with van der Waals surface area (Å²) in [6.07, 6.45) is 1.85. The van der Waals surface area contributed by atoms with Crippen molar-refractivity contribution in [1.29, 1.82) is 0 Å². The third kappa shape index (κ3) is 3.50. The van der Waals surface area contributed by atoms with Gasteiger partial charge in [-0.3, -0.25) is 5.10 Å². The van der Waals surface area contributed by atoms with Crippen LogP contribution in [-0.4, -0.2) is 10.2 Å². The number of halogens is 2. The van der Waals surface area contributed by atoms with Gasteiger partial charge >= 0.3 is 0 Å². The third-order valence-corrected chi connectivity index (χ3v) is 4.01. The lowest BCUT2D eigenvalue weighted by atomic mass is 10.1. The number of nitrogens with one attached hydrogen (secondary N) is 2. The molecule has 0 aliphatic carbocycles. The Bertz CT molecular complexity index is 754. The molecule has 0 aliphatic heterocycles. The second-order valence-corrected chi connectivity index (χ2v) is 5.82. The van der Waals surface area contributed by atoms with Crippen molar-refractivity contribution in [1.82, 2.24) is 15.5 Å². The molecule has 1 aromatic heterocycles. The van der Waals surface area contributed by atoms with Crippen LogP contribution in [0.5, 0.6) is 0 Å². The molecule has 5 heteroatoms. The Labute approximate surface area is 139 Å². The van der Waals surface area contributed by atoms with E-state index in [0.717, 1.165) is 22.4 Å². The quantitative estimate of drug-likeness (QED) is 0.713. The van der Waals surface area contributed by atoms with Crippen LogP contribution in [0.1, 0.15) is 11.1 Å². The minimum Gasteiger partial charge on any atom is -0.308 e. The molecule has 0 saturated heterocycles. The van der Waals surface area contributed by atoms with Gasteiger partial charge in [0.2, 0.25) is 0 Å². The summed E-state index contributed by atoms with van der Waals surface area (Å²) in [5, 5.41) is 11.9. The van der Waals surface area contributed by atoms with Gasteiger partial charge in [-0.25, -0.2) is 0 Å². The zero-order valence-corrected chi connectivity index (χ0v) is 13.3. The first-order valence-corrected chi connectivity index (χ1v) is 7.72. The summed E-state index contributed by atoms with van der Waals surface area (Å²) in [6.45, 7) is 1.38. The number of benzene rings is 2. The molecule has 0 aliphatic rings. The molecule has 0 bridgehead atoms. The fraction of sp³-hybridized carbons (Fsp3) is 0.118. The first-order chi connectivity index (χ1) is 10.7. The molecule has 2 N–H and O–H groups in total. The Balaban J connectivity index is 1.67. The van der Waals surface area contributed by atoms with Gasteiger partial charge in [0.25, 0.3) is 0 Å². The maximum Gasteiger partial charge on any atom is 0.0695 e. The lowest BCUT2D eigenvalue weighted by Crippen LogP contribution is -2.13. The van der Waals surface area contributed by atoms with Crippen molar-refractivity contribution in [3.63, 3.8) is 0 Å². The fourth-order valence-corrected chi connectivity index (χ4v) is 2.77. The molecule has 112 valence electrons. The Morgan fingerprint density at radius 2 is 1.73 bits per heavy atom. The van der Waals surface area contributed by atoms with Crippen LogP contribution in [0.2, 0.25) is 10.0 Å². The Hall–Kier alpha value is -1.81. The molecular weight excluding hydrogens is 317 g/mol. The average Bonchev–Trinajstić information content (AvgIpc) is 2.99. The first-order valence-electron chi connectivity index (χ1n) is 6.96. The second-order valence-electron chi connectivity index (χ2n) is 4.98. The number of hydrogen-bond donors (Lipinski definition) is 2. The minimum absolute atomic E-state index is 0.648. The Kier molecular flexibility index (Phi) is 4.78. The first kappa shape index (κ1) is 15.1. The molecule has 2 aromatic carbocycles. The second kappa shape index (κ2) is 6.97. The molecule has 0 amide bonds. The maximum atomic E-state index is 6.17. The molecule has 0 unspecified atom stereocenters. The van der Waals surface area contributed by atoms with Gasteiger partial charge in [0.05, 0.1) is 11.9 Å². The van der Waals surface area contributed by atoms with Crippen LogP contribution in [0.3, 0.4) is 0 Å². The van der Waals surface area contributed by atoms with Gasteiger partial charge < -0.3 is 5.32 Å². The van der Waals surface area contributed by atoms with E-state index >= 15 is 0 Å². The smallest absolute Gasteiger partial charge is 0.0695 e. The molecule has 3 nitrogen and oxygen atoms in total. The number of aromatic nitrogens is 2. The zero-order chi connectivity index (χ0) is 15.4. The van der Waals surface area contributed by atoms with Crippen molar-refractivity contribution in [2.75, 3.05) is 0 Å². The van der Waals surface area contributed by atoms with E-state index in [0.29, 0.717) is 23.1 Å². The van der Waals surface area contributed by atoms with Crippen LogP contribution in [0.4, 0.5) is 0 Å². The van der Waals surface area contributed by atoms with Crippen molar-refractivity contribution in [2.24, 2.45) is 0 Å². The minimum atomic E-state index is 0.648. The SMILES string of the molecule is Clc1ccc(CNCc2cn[nH]c2-c2ccccc2)c(Cl)c1. The Morgan fingerprint density at radius 1 is 0.955 bits per heavy atom. The summed E-state index contributed by atoms with van der Waals surface area (Å²) in [4.78, 5) is 0. The highest BCUT2D eigenvalue weighted by molar-refractivity contribution is 6.35. The summed E-state index contributed by atoms with van der Waals surface area (Å²) >= 11 is 12.1. The lowest BCUT2D eigenvalue weighted by molar-refractivity contribution is 0.694. The maximum absolute atomic E-state index is 6.17. The van der Waals surface area contributed by atoms with Crippen LogP contribution in [-0.2, 0) is 13.1 Å². The molecule has 22 heavy (non-hydrogen) atoms. The number of hydrogen-bond acceptors (Lipinski definition) is 2. The molecule has 3 rings (SSSR count). The highest BCUT2D eigenvalue weighted by atomic mass is 35.5. The van der Waals surface area contributed by atoms with Crippen molar-refractivity contribution in [3.05, 3.63) is 75.9 Å². The van der Waals surface area contributed by atoms with Crippen molar-refractivity contribution >= 4 is 23.2 Å². The lowest BCUT2D eigenvalue weighted by Gasteiger charge is -2.08. The molecule has 0 atom stereocenters. The van der Waals surface area contributed by atoms with Gasteiger partial charge in [0, 0.05) is 28.7 Å². The summed E-state index contributed by atoms with van der Waals surface area (Å²) in [5.74, 6) is 0. The fourth-order valence-electron chi connectivity index (χ4n) is 2.30. The molecule has 1 heterocycles. The van der Waals surface area contributed by atoms with Crippen LogP contribution in [0.15, 0.2) is 54.7 Å². The number of aromatic amines is 1. The topological polar surface area (TPSA) is 40.7 Å². The average molecular weight is 332 g/mol. The van der Waals surface area contributed by atoms with Gasteiger partial charge in [-0.05, 0) is 23.3 Å². The molecule has 0 radical (unpaired) electrons. The molecule has 0 spiro atoms. The highest BCUT2D eigenvalue weighted by Crippen LogP contribution is 2.22. The molecule has 0 saturated carbocycles. The van der Waals surface area contributed by atoms with Crippen LogP contribution in [0, 0.1) is 0 Å². The van der Waals surface area contributed by atoms with E-state index in [4.69, 9.17) is 23.2 Å². The number of nitrogens with zero attached hydrogens (tertiary/aromatic N) is 1.